The van der Waals surface area contributed by atoms with Gasteiger partial charge >= 0.3 is 5.97 Å². The van der Waals surface area contributed by atoms with Crippen LogP contribution in [0.5, 0.6) is 0 Å². The average Bonchev–Trinajstić information content (AvgIpc) is 2.65. The lowest BCUT2D eigenvalue weighted by Crippen LogP contribution is -2.43. The topological polar surface area (TPSA) is 46.5 Å². The number of benzene rings is 2. The molecule has 0 aromatic heterocycles. The molecule has 0 spiro atoms. The maximum atomic E-state index is 12.4. The summed E-state index contributed by atoms with van der Waals surface area (Å²) >= 11 is 0. The van der Waals surface area contributed by atoms with Crippen molar-refractivity contribution in [2.24, 2.45) is 0 Å². The number of allylic oxidation sites excluding steroid dienone is 1. The minimum absolute atomic E-state index is 0.545. The Bertz CT molecular complexity index is 704. The van der Waals surface area contributed by atoms with Crippen LogP contribution in [0.2, 0.25) is 0 Å². The summed E-state index contributed by atoms with van der Waals surface area (Å²) in [7, 11) is 1.28. The van der Waals surface area contributed by atoms with E-state index in [0.29, 0.717) is 0 Å². The van der Waals surface area contributed by atoms with Crippen LogP contribution in [-0.2, 0) is 9.53 Å². The first-order valence-electron chi connectivity index (χ1n) is 7.84. The number of rotatable bonds is 6. The van der Waals surface area contributed by atoms with Gasteiger partial charge in [0.25, 0.3) is 0 Å². The number of hydrogen-bond donors (Lipinski definition) is 1. The van der Waals surface area contributed by atoms with Crippen molar-refractivity contribution < 1.29 is 14.6 Å². The smallest absolute Gasteiger partial charge is 0.342 e. The van der Waals surface area contributed by atoms with Crippen LogP contribution in [0, 0.1) is 0 Å². The van der Waals surface area contributed by atoms with Crippen molar-refractivity contribution >= 4 is 12.0 Å². The monoisotopic (exact) mass is 322 g/mol. The van der Waals surface area contributed by atoms with Gasteiger partial charge in [-0.3, -0.25) is 0 Å². The fourth-order valence-corrected chi connectivity index (χ4v) is 2.61. The number of ether oxygens (including phenoxy) is 1. The highest BCUT2D eigenvalue weighted by atomic mass is 16.5. The standard InChI is InChI=1S/C21H22O3/c1-3-10-19(18-13-8-5-9-14-18)21(23,20(22)24-2)16-15-17-11-6-4-7-12-17/h3-16,19,23H,1-2H3/b10-3+,16-15+/t19-,21+/m0/s1. The molecule has 0 aliphatic rings. The van der Waals surface area contributed by atoms with Crippen molar-refractivity contribution in [3.8, 4) is 0 Å². The van der Waals surface area contributed by atoms with Gasteiger partial charge in [-0.15, -0.1) is 0 Å². The Morgan fingerprint density at radius 3 is 2.21 bits per heavy atom. The molecule has 1 N–H and O–H groups in total. The van der Waals surface area contributed by atoms with E-state index in [1.165, 1.54) is 13.2 Å². The van der Waals surface area contributed by atoms with Gasteiger partial charge in [0, 0.05) is 5.92 Å². The lowest BCUT2D eigenvalue weighted by Gasteiger charge is -2.29. The van der Waals surface area contributed by atoms with Gasteiger partial charge in [-0.1, -0.05) is 78.9 Å². The third kappa shape index (κ3) is 4.00. The van der Waals surface area contributed by atoms with E-state index in [1.54, 1.807) is 6.08 Å². The maximum absolute atomic E-state index is 12.4. The zero-order valence-corrected chi connectivity index (χ0v) is 13.9. The van der Waals surface area contributed by atoms with Gasteiger partial charge in [-0.05, 0) is 24.1 Å². The molecule has 0 unspecified atom stereocenters. The molecule has 2 atom stereocenters. The van der Waals surface area contributed by atoms with E-state index in [-0.39, 0.29) is 0 Å². The molecule has 0 amide bonds. The first kappa shape index (κ1) is 17.7. The molecule has 3 nitrogen and oxygen atoms in total. The van der Waals surface area contributed by atoms with Crippen LogP contribution in [0.15, 0.2) is 78.9 Å². The largest absolute Gasteiger partial charge is 0.467 e. The molecular weight excluding hydrogens is 300 g/mol. The molecule has 2 rings (SSSR count). The zero-order valence-electron chi connectivity index (χ0n) is 13.9. The van der Waals surface area contributed by atoms with E-state index >= 15 is 0 Å². The summed E-state index contributed by atoms with van der Waals surface area (Å²) in [5.74, 6) is -1.24. The molecule has 3 heteroatoms. The van der Waals surface area contributed by atoms with Crippen LogP contribution in [-0.4, -0.2) is 23.8 Å². The molecule has 124 valence electrons. The first-order valence-corrected chi connectivity index (χ1v) is 7.84. The number of esters is 1. The van der Waals surface area contributed by atoms with Crippen molar-refractivity contribution in [3.05, 3.63) is 90.0 Å². The molecule has 0 bridgehead atoms. The van der Waals surface area contributed by atoms with Crippen LogP contribution in [0.4, 0.5) is 0 Å². The SMILES string of the molecule is C/C=C/[C@@H](c1ccccc1)[C@](O)(/C=C/c1ccccc1)C(=O)OC. The number of carbonyl (C=O) groups is 1. The van der Waals surface area contributed by atoms with Gasteiger partial charge in [0.05, 0.1) is 7.11 Å². The van der Waals surface area contributed by atoms with Gasteiger partial charge in [0.15, 0.2) is 5.60 Å². The molecule has 0 saturated carbocycles. The van der Waals surface area contributed by atoms with Gasteiger partial charge < -0.3 is 9.84 Å². The van der Waals surface area contributed by atoms with Crippen molar-refractivity contribution in [3.63, 3.8) is 0 Å². The predicted molar refractivity (Wildman–Crippen MR) is 96.4 cm³/mol. The fraction of sp³-hybridized carbons (Fsp3) is 0.190. The van der Waals surface area contributed by atoms with Crippen LogP contribution in [0.3, 0.4) is 0 Å². The summed E-state index contributed by atoms with van der Waals surface area (Å²) in [6, 6.07) is 18.9. The Balaban J connectivity index is 2.48. The van der Waals surface area contributed by atoms with Crippen LogP contribution in [0.1, 0.15) is 24.0 Å². The van der Waals surface area contributed by atoms with E-state index in [2.05, 4.69) is 0 Å². The van der Waals surface area contributed by atoms with E-state index < -0.39 is 17.5 Å². The summed E-state index contributed by atoms with van der Waals surface area (Å²) in [5, 5.41) is 11.2. The molecule has 0 aliphatic carbocycles. The highest BCUT2D eigenvalue weighted by Crippen LogP contribution is 2.33. The Hall–Kier alpha value is -2.65. The number of methoxy groups -OCH3 is 1. The van der Waals surface area contributed by atoms with Crippen molar-refractivity contribution in [2.75, 3.05) is 7.11 Å². The maximum Gasteiger partial charge on any atom is 0.342 e. The number of aliphatic hydroxyl groups is 1. The molecule has 0 heterocycles. The molecule has 2 aromatic carbocycles. The third-order valence-electron chi connectivity index (χ3n) is 3.86. The lowest BCUT2D eigenvalue weighted by atomic mass is 9.81. The summed E-state index contributed by atoms with van der Waals surface area (Å²) < 4.78 is 4.88. The molecule has 0 saturated heterocycles. The first-order chi connectivity index (χ1) is 11.6. The Morgan fingerprint density at radius 2 is 1.67 bits per heavy atom. The molecule has 0 aliphatic heterocycles. The molecular formula is C21H22O3. The van der Waals surface area contributed by atoms with Crippen LogP contribution < -0.4 is 0 Å². The summed E-state index contributed by atoms with van der Waals surface area (Å²) in [5.41, 5.74) is -0.0633. The second-order valence-electron chi connectivity index (χ2n) is 5.48. The third-order valence-corrected chi connectivity index (χ3v) is 3.86. The van der Waals surface area contributed by atoms with E-state index in [4.69, 9.17) is 4.74 Å². The van der Waals surface area contributed by atoms with Gasteiger partial charge in [0.2, 0.25) is 0 Å². The van der Waals surface area contributed by atoms with Gasteiger partial charge in [-0.2, -0.15) is 0 Å². The zero-order chi connectivity index (χ0) is 17.4. The average molecular weight is 322 g/mol. The normalized spacial score (nSPS) is 15.3. The Kier molecular flexibility index (Phi) is 6.10. The van der Waals surface area contributed by atoms with Crippen LogP contribution in [0.25, 0.3) is 6.08 Å². The van der Waals surface area contributed by atoms with E-state index in [0.717, 1.165) is 11.1 Å². The highest BCUT2D eigenvalue weighted by molar-refractivity contribution is 5.85. The molecule has 24 heavy (non-hydrogen) atoms. The Morgan fingerprint density at radius 1 is 1.08 bits per heavy atom. The van der Waals surface area contributed by atoms with Gasteiger partial charge in [0.1, 0.15) is 0 Å². The number of hydrogen-bond acceptors (Lipinski definition) is 3. The van der Waals surface area contributed by atoms with E-state index in [9.17, 15) is 9.90 Å². The van der Waals surface area contributed by atoms with Crippen molar-refractivity contribution in [2.45, 2.75) is 18.4 Å². The molecule has 2 aromatic rings. The minimum Gasteiger partial charge on any atom is -0.467 e. The number of carbonyl (C=O) groups excluding carboxylic acids is 1. The van der Waals surface area contributed by atoms with E-state index in [1.807, 2.05) is 79.7 Å². The second kappa shape index (κ2) is 8.27. The lowest BCUT2D eigenvalue weighted by molar-refractivity contribution is -0.158. The van der Waals surface area contributed by atoms with Crippen LogP contribution >= 0.6 is 0 Å². The highest BCUT2D eigenvalue weighted by Gasteiger charge is 2.42. The predicted octanol–water partition coefficient (Wildman–Crippen LogP) is 3.96. The molecule has 0 fully saturated rings. The quantitative estimate of drug-likeness (QED) is 0.647. The second-order valence-corrected chi connectivity index (χ2v) is 5.48. The minimum atomic E-state index is -1.79. The fourth-order valence-electron chi connectivity index (χ4n) is 2.61. The van der Waals surface area contributed by atoms with Gasteiger partial charge in [-0.25, -0.2) is 4.79 Å². The summed E-state index contributed by atoms with van der Waals surface area (Å²) in [4.78, 5) is 12.4. The van der Waals surface area contributed by atoms with Crippen molar-refractivity contribution in [1.29, 1.82) is 0 Å². The Labute approximate surface area is 142 Å². The molecule has 0 radical (unpaired) electrons. The summed E-state index contributed by atoms with van der Waals surface area (Å²) in [6.07, 6.45) is 6.87. The summed E-state index contributed by atoms with van der Waals surface area (Å²) in [6.45, 7) is 1.86. The van der Waals surface area contributed by atoms with Crippen molar-refractivity contribution in [1.82, 2.24) is 0 Å².